The number of aryl methyl sites for hydroxylation is 1. The molecule has 2 amide bonds. The first-order chi connectivity index (χ1) is 14.6. The van der Waals surface area contributed by atoms with Crippen LogP contribution >= 0.6 is 11.6 Å². The molecule has 0 radical (unpaired) electrons. The Bertz CT molecular complexity index is 908. The highest BCUT2D eigenvalue weighted by Crippen LogP contribution is 2.28. The minimum Gasteiger partial charge on any atom is -0.493 e. The number of hydrogen-bond donors (Lipinski definition) is 1. The summed E-state index contributed by atoms with van der Waals surface area (Å²) in [5.41, 5.74) is 2.91. The van der Waals surface area contributed by atoms with Crippen LogP contribution in [0.1, 0.15) is 30.4 Å². The Labute approximate surface area is 181 Å². The average Bonchev–Trinajstić information content (AvgIpc) is 2.77. The van der Waals surface area contributed by atoms with Crippen LogP contribution in [0.4, 0.5) is 10.5 Å². The molecule has 2 aromatic rings. The Kier molecular flexibility index (Phi) is 6.43. The number of carbonyl (C=O) groups excluding carboxylic acids is 2. The molecule has 0 atom stereocenters. The van der Waals surface area contributed by atoms with Crippen molar-refractivity contribution < 1.29 is 19.1 Å². The van der Waals surface area contributed by atoms with Gasteiger partial charge in [-0.1, -0.05) is 23.7 Å². The Morgan fingerprint density at radius 1 is 1.10 bits per heavy atom. The quantitative estimate of drug-likeness (QED) is 0.752. The van der Waals surface area contributed by atoms with E-state index < -0.39 is 0 Å². The number of nitrogens with one attached hydrogen (secondary N) is 1. The largest absolute Gasteiger partial charge is 0.493 e. The first kappa shape index (κ1) is 20.5. The molecule has 0 saturated carbocycles. The maximum atomic E-state index is 12.3. The number of ether oxygens (including phenoxy) is 2. The molecule has 0 spiro atoms. The van der Waals surface area contributed by atoms with Crippen molar-refractivity contribution in [3.8, 4) is 5.75 Å². The first-order valence-corrected chi connectivity index (χ1v) is 10.7. The molecule has 2 aliphatic rings. The van der Waals surface area contributed by atoms with E-state index >= 15 is 0 Å². The van der Waals surface area contributed by atoms with Gasteiger partial charge in [-0.2, -0.15) is 0 Å². The molecule has 0 unspecified atom stereocenters. The molecular formula is C23H25ClN2O4. The van der Waals surface area contributed by atoms with Gasteiger partial charge in [0, 0.05) is 30.2 Å². The first-order valence-electron chi connectivity index (χ1n) is 10.3. The fraction of sp³-hybridized carbons (Fsp3) is 0.391. The Morgan fingerprint density at radius 3 is 2.63 bits per heavy atom. The third-order valence-electron chi connectivity index (χ3n) is 5.61. The molecule has 30 heavy (non-hydrogen) atoms. The van der Waals surface area contributed by atoms with Crippen molar-refractivity contribution in [1.82, 2.24) is 4.90 Å². The highest BCUT2D eigenvalue weighted by atomic mass is 35.5. The van der Waals surface area contributed by atoms with Crippen molar-refractivity contribution in [2.75, 3.05) is 25.0 Å². The number of nitrogens with zero attached hydrogens (tertiary/aromatic N) is 1. The van der Waals surface area contributed by atoms with Crippen LogP contribution in [0.2, 0.25) is 5.02 Å². The Morgan fingerprint density at radius 2 is 1.87 bits per heavy atom. The van der Waals surface area contributed by atoms with Gasteiger partial charge in [0.25, 0.3) is 0 Å². The molecule has 1 fully saturated rings. The van der Waals surface area contributed by atoms with Crippen LogP contribution in [-0.4, -0.2) is 36.6 Å². The predicted molar refractivity (Wildman–Crippen MR) is 115 cm³/mol. The fourth-order valence-corrected chi connectivity index (χ4v) is 3.89. The fourth-order valence-electron chi connectivity index (χ4n) is 3.76. The topological polar surface area (TPSA) is 67.9 Å². The summed E-state index contributed by atoms with van der Waals surface area (Å²) in [5.74, 6) is 1.30. The third-order valence-corrected chi connectivity index (χ3v) is 5.86. The maximum absolute atomic E-state index is 12.3. The highest BCUT2D eigenvalue weighted by molar-refractivity contribution is 6.30. The number of amides is 2. The van der Waals surface area contributed by atoms with Gasteiger partial charge in [0.2, 0.25) is 5.91 Å². The number of anilines is 1. The van der Waals surface area contributed by atoms with E-state index in [4.69, 9.17) is 21.1 Å². The summed E-state index contributed by atoms with van der Waals surface area (Å²) in [6.45, 7) is 2.21. The number of carbonyl (C=O) groups is 2. The van der Waals surface area contributed by atoms with Gasteiger partial charge in [0.05, 0.1) is 6.61 Å². The number of benzene rings is 2. The van der Waals surface area contributed by atoms with Gasteiger partial charge >= 0.3 is 6.09 Å². The number of piperidine rings is 1. The molecule has 2 aliphatic heterocycles. The van der Waals surface area contributed by atoms with Crippen molar-refractivity contribution in [2.24, 2.45) is 5.92 Å². The van der Waals surface area contributed by atoms with Crippen LogP contribution < -0.4 is 10.1 Å². The molecule has 158 valence electrons. The number of likely N-dealkylation sites (tertiary alicyclic amines) is 1. The molecule has 2 heterocycles. The molecule has 1 N–H and O–H groups in total. The molecule has 4 rings (SSSR count). The smallest absolute Gasteiger partial charge is 0.410 e. The molecular weight excluding hydrogens is 404 g/mol. The minimum absolute atomic E-state index is 0.0645. The Hall–Kier alpha value is -2.73. The highest BCUT2D eigenvalue weighted by Gasteiger charge is 2.24. The van der Waals surface area contributed by atoms with Crippen molar-refractivity contribution in [2.45, 2.75) is 32.3 Å². The second-order valence-electron chi connectivity index (χ2n) is 7.79. The molecule has 0 bridgehead atoms. The molecule has 0 aromatic heterocycles. The lowest BCUT2D eigenvalue weighted by molar-refractivity contribution is -0.116. The van der Waals surface area contributed by atoms with Crippen molar-refractivity contribution >= 4 is 29.3 Å². The van der Waals surface area contributed by atoms with Gasteiger partial charge in [0.1, 0.15) is 12.4 Å². The zero-order chi connectivity index (χ0) is 20.9. The van der Waals surface area contributed by atoms with E-state index in [1.54, 1.807) is 17.0 Å². The number of rotatable bonds is 5. The number of halogens is 1. The van der Waals surface area contributed by atoms with E-state index in [0.29, 0.717) is 37.1 Å². The number of hydrogen-bond acceptors (Lipinski definition) is 4. The van der Waals surface area contributed by atoms with Crippen LogP contribution in [0.3, 0.4) is 0 Å². The summed E-state index contributed by atoms with van der Waals surface area (Å²) in [7, 11) is 0. The van der Waals surface area contributed by atoms with Gasteiger partial charge in [-0.05, 0) is 66.6 Å². The summed E-state index contributed by atoms with van der Waals surface area (Å²) < 4.78 is 11.4. The zero-order valence-corrected chi connectivity index (χ0v) is 17.5. The number of fused-ring (bicyclic) bond motifs is 1. The van der Waals surface area contributed by atoms with E-state index in [0.717, 1.165) is 41.8 Å². The second-order valence-corrected chi connectivity index (χ2v) is 8.23. The monoisotopic (exact) mass is 428 g/mol. The van der Waals surface area contributed by atoms with E-state index in [1.807, 2.05) is 30.3 Å². The van der Waals surface area contributed by atoms with Gasteiger partial charge < -0.3 is 19.7 Å². The van der Waals surface area contributed by atoms with Gasteiger partial charge in [-0.3, -0.25) is 4.79 Å². The second kappa shape index (κ2) is 9.39. The van der Waals surface area contributed by atoms with Crippen LogP contribution in [0, 0.1) is 5.92 Å². The molecule has 6 nitrogen and oxygen atoms in total. The summed E-state index contributed by atoms with van der Waals surface area (Å²) in [6.07, 6.45) is 2.76. The summed E-state index contributed by atoms with van der Waals surface area (Å²) in [4.78, 5) is 25.5. The Balaban J connectivity index is 1.19. The third kappa shape index (κ3) is 5.25. The zero-order valence-electron chi connectivity index (χ0n) is 16.7. The van der Waals surface area contributed by atoms with Crippen molar-refractivity contribution in [3.05, 3.63) is 58.6 Å². The van der Waals surface area contributed by atoms with Gasteiger partial charge in [-0.15, -0.1) is 0 Å². The summed E-state index contributed by atoms with van der Waals surface area (Å²) in [5, 5.41) is 3.54. The lowest BCUT2D eigenvalue weighted by Crippen LogP contribution is -2.40. The average molecular weight is 429 g/mol. The van der Waals surface area contributed by atoms with Crippen molar-refractivity contribution in [3.63, 3.8) is 0 Å². The van der Waals surface area contributed by atoms with Crippen LogP contribution in [0.25, 0.3) is 0 Å². The maximum Gasteiger partial charge on any atom is 0.410 e. The van der Waals surface area contributed by atoms with Gasteiger partial charge in [0.15, 0.2) is 0 Å². The lowest BCUT2D eigenvalue weighted by atomic mass is 9.98. The molecule has 7 heteroatoms. The normalized spacial score (nSPS) is 16.6. The van der Waals surface area contributed by atoms with Gasteiger partial charge in [-0.25, -0.2) is 4.79 Å². The SMILES string of the molecule is O=C1CCc2cc(OCC3CCN(C(=O)OCc4ccc(Cl)cc4)CC3)ccc2N1. The van der Waals surface area contributed by atoms with E-state index in [1.165, 1.54) is 0 Å². The lowest BCUT2D eigenvalue weighted by Gasteiger charge is -2.31. The summed E-state index contributed by atoms with van der Waals surface area (Å²) >= 11 is 5.87. The van der Waals surface area contributed by atoms with Crippen LogP contribution in [0.5, 0.6) is 5.75 Å². The van der Waals surface area contributed by atoms with Crippen molar-refractivity contribution in [1.29, 1.82) is 0 Å². The minimum atomic E-state index is -0.277. The predicted octanol–water partition coefficient (Wildman–Crippen LogP) is 4.65. The standard InChI is InChI=1S/C23H25ClN2O4/c24-19-4-1-16(2-5-19)15-30-23(28)26-11-9-17(10-12-26)14-29-20-6-7-21-18(13-20)3-8-22(27)25-21/h1-2,4-7,13,17H,3,8-12,14-15H2,(H,25,27). The molecule has 1 saturated heterocycles. The molecule has 0 aliphatic carbocycles. The van der Waals surface area contributed by atoms with E-state index in [9.17, 15) is 9.59 Å². The van der Waals surface area contributed by atoms with E-state index in [-0.39, 0.29) is 18.6 Å². The van der Waals surface area contributed by atoms with Crippen LogP contribution in [-0.2, 0) is 22.6 Å². The van der Waals surface area contributed by atoms with Crippen LogP contribution in [0.15, 0.2) is 42.5 Å². The molecule has 2 aromatic carbocycles. The van der Waals surface area contributed by atoms with E-state index in [2.05, 4.69) is 5.32 Å². The summed E-state index contributed by atoms with van der Waals surface area (Å²) in [6, 6.07) is 13.1.